The van der Waals surface area contributed by atoms with Crippen LogP contribution in [0.25, 0.3) is 0 Å². The molecule has 62 valence electrons. The summed E-state index contributed by atoms with van der Waals surface area (Å²) >= 11 is 0. The molecule has 0 radical (unpaired) electrons. The summed E-state index contributed by atoms with van der Waals surface area (Å²) in [4.78, 5) is 3.80. The van der Waals surface area contributed by atoms with E-state index in [-0.39, 0.29) is 11.8 Å². The normalized spacial score (nSPS) is 47.6. The van der Waals surface area contributed by atoms with E-state index in [2.05, 4.69) is 4.99 Å². The first-order valence-corrected chi connectivity index (χ1v) is 3.54. The van der Waals surface area contributed by atoms with E-state index in [1.165, 1.54) is 13.1 Å². The number of hydrogen-bond acceptors (Lipinski definition) is 1. The van der Waals surface area contributed by atoms with Gasteiger partial charge in [-0.15, -0.1) is 0 Å². The summed E-state index contributed by atoms with van der Waals surface area (Å²) in [5.41, 5.74) is -1.45. The molecule has 1 saturated carbocycles. The predicted octanol–water partition coefficient (Wildman–Crippen LogP) is 1.89. The minimum absolute atomic E-state index is 0.262. The van der Waals surface area contributed by atoms with E-state index in [0.29, 0.717) is 6.54 Å². The zero-order valence-electron chi connectivity index (χ0n) is 6.02. The fraction of sp³-hybridized carbons (Fsp3) is 0.857. The van der Waals surface area contributed by atoms with Crippen molar-refractivity contribution in [2.24, 2.45) is 22.2 Å². The third kappa shape index (κ3) is 0.650. The Balaban J connectivity index is 2.23. The molecule has 0 amide bonds. The number of halogens is 3. The molecule has 1 heterocycles. The van der Waals surface area contributed by atoms with Gasteiger partial charge in [0, 0.05) is 24.6 Å². The molecule has 0 N–H and O–H groups in total. The molecule has 4 heteroatoms. The zero-order valence-corrected chi connectivity index (χ0v) is 6.02. The molecule has 1 nitrogen and oxygen atoms in total. The second-order valence-electron chi connectivity index (χ2n) is 3.43. The van der Waals surface area contributed by atoms with Crippen LogP contribution in [0.5, 0.6) is 0 Å². The van der Waals surface area contributed by atoms with Gasteiger partial charge < -0.3 is 0 Å². The topological polar surface area (TPSA) is 12.4 Å². The summed E-state index contributed by atoms with van der Waals surface area (Å²) in [6, 6.07) is 0. The summed E-state index contributed by atoms with van der Waals surface area (Å²) in [5.74, 6) is -0.593. The number of rotatable bonds is 0. The van der Waals surface area contributed by atoms with Crippen molar-refractivity contribution < 1.29 is 13.2 Å². The predicted molar refractivity (Wildman–Crippen MR) is 34.5 cm³/mol. The van der Waals surface area contributed by atoms with E-state index in [1.54, 1.807) is 0 Å². The van der Waals surface area contributed by atoms with Crippen LogP contribution >= 0.6 is 0 Å². The molecule has 11 heavy (non-hydrogen) atoms. The Morgan fingerprint density at radius 2 is 2.18 bits per heavy atom. The summed E-state index contributed by atoms with van der Waals surface area (Å²) in [6.07, 6.45) is -2.59. The van der Waals surface area contributed by atoms with Gasteiger partial charge in [-0.1, -0.05) is 0 Å². The molecule has 3 atom stereocenters. The van der Waals surface area contributed by atoms with Crippen LogP contribution in [-0.2, 0) is 0 Å². The van der Waals surface area contributed by atoms with Gasteiger partial charge in [0.15, 0.2) is 0 Å². The van der Waals surface area contributed by atoms with Crippen LogP contribution in [0.2, 0.25) is 0 Å². The molecular weight excluding hydrogens is 155 g/mol. The molecule has 2 rings (SSSR count). The first kappa shape index (κ1) is 7.13. The molecule has 0 saturated heterocycles. The standard InChI is InChI=1S/C7H8F3N/c1-6(7(8,9)10)4-2-11-3-5(4)6/h2,4-5H,3H2,1H3/t4-,5+,6?/m1/s1. The minimum Gasteiger partial charge on any atom is -0.297 e. The van der Waals surface area contributed by atoms with Crippen molar-refractivity contribution in [2.75, 3.05) is 6.54 Å². The van der Waals surface area contributed by atoms with Crippen LogP contribution in [0.3, 0.4) is 0 Å². The Labute approximate surface area is 62.3 Å². The monoisotopic (exact) mass is 163 g/mol. The lowest BCUT2D eigenvalue weighted by Gasteiger charge is -2.16. The SMILES string of the molecule is CC1(C(F)(F)F)[C@@H]2C=NC[C@@H]21. The molecule has 1 aliphatic heterocycles. The summed E-state index contributed by atoms with van der Waals surface area (Å²) in [5, 5.41) is 0. The number of hydrogen-bond donors (Lipinski definition) is 0. The van der Waals surface area contributed by atoms with Gasteiger partial charge in [0.1, 0.15) is 0 Å². The van der Waals surface area contributed by atoms with Crippen molar-refractivity contribution in [2.45, 2.75) is 13.1 Å². The maximum Gasteiger partial charge on any atom is 0.395 e. The summed E-state index contributed by atoms with van der Waals surface area (Å²) in [7, 11) is 0. The maximum absolute atomic E-state index is 12.3. The highest BCUT2D eigenvalue weighted by Crippen LogP contribution is 2.67. The fourth-order valence-electron chi connectivity index (χ4n) is 1.89. The van der Waals surface area contributed by atoms with E-state index in [9.17, 15) is 13.2 Å². The van der Waals surface area contributed by atoms with Gasteiger partial charge >= 0.3 is 6.18 Å². The lowest BCUT2D eigenvalue weighted by atomic mass is 10.0. The van der Waals surface area contributed by atoms with Crippen molar-refractivity contribution in [3.05, 3.63) is 0 Å². The van der Waals surface area contributed by atoms with Crippen LogP contribution in [0, 0.1) is 17.3 Å². The highest BCUT2D eigenvalue weighted by Gasteiger charge is 2.75. The molecule has 2 aliphatic rings. The summed E-state index contributed by atoms with van der Waals surface area (Å²) < 4.78 is 36.9. The quantitative estimate of drug-likeness (QED) is 0.517. The van der Waals surface area contributed by atoms with Gasteiger partial charge in [-0.3, -0.25) is 4.99 Å². The van der Waals surface area contributed by atoms with Gasteiger partial charge in [0.25, 0.3) is 0 Å². The third-order valence-corrected chi connectivity index (χ3v) is 2.97. The van der Waals surface area contributed by atoms with Crippen molar-refractivity contribution in [3.8, 4) is 0 Å². The average molecular weight is 163 g/mol. The molecule has 0 bridgehead atoms. The van der Waals surface area contributed by atoms with Gasteiger partial charge in [0.2, 0.25) is 0 Å². The van der Waals surface area contributed by atoms with E-state index in [0.717, 1.165) is 0 Å². The molecular formula is C7H8F3N. The van der Waals surface area contributed by atoms with Crippen LogP contribution < -0.4 is 0 Å². The van der Waals surface area contributed by atoms with Crippen molar-refractivity contribution >= 4 is 6.21 Å². The van der Waals surface area contributed by atoms with Gasteiger partial charge in [-0.2, -0.15) is 13.2 Å². The minimum atomic E-state index is -4.05. The third-order valence-electron chi connectivity index (χ3n) is 2.97. The Morgan fingerprint density at radius 3 is 2.45 bits per heavy atom. The lowest BCUT2D eigenvalue weighted by molar-refractivity contribution is -0.188. The Morgan fingerprint density at radius 1 is 1.55 bits per heavy atom. The van der Waals surface area contributed by atoms with E-state index in [1.807, 2.05) is 0 Å². The molecule has 1 fully saturated rings. The second kappa shape index (κ2) is 1.62. The van der Waals surface area contributed by atoms with Crippen LogP contribution in [-0.4, -0.2) is 18.9 Å². The average Bonchev–Trinajstić information content (AvgIpc) is 2.33. The first-order valence-electron chi connectivity index (χ1n) is 3.54. The van der Waals surface area contributed by atoms with E-state index >= 15 is 0 Å². The number of alkyl halides is 3. The molecule has 0 aromatic heterocycles. The van der Waals surface area contributed by atoms with E-state index < -0.39 is 11.6 Å². The van der Waals surface area contributed by atoms with E-state index in [4.69, 9.17) is 0 Å². The Bertz CT molecular complexity index is 220. The molecule has 0 aromatic rings. The van der Waals surface area contributed by atoms with Crippen molar-refractivity contribution in [1.29, 1.82) is 0 Å². The second-order valence-corrected chi connectivity index (χ2v) is 3.43. The number of nitrogens with zero attached hydrogens (tertiary/aromatic N) is 1. The Kier molecular flexibility index (Phi) is 1.05. The van der Waals surface area contributed by atoms with Crippen LogP contribution in [0.15, 0.2) is 4.99 Å². The fourth-order valence-corrected chi connectivity index (χ4v) is 1.89. The molecule has 0 aromatic carbocycles. The van der Waals surface area contributed by atoms with Gasteiger partial charge in [0.05, 0.1) is 5.41 Å². The summed E-state index contributed by atoms with van der Waals surface area (Å²) in [6.45, 7) is 1.65. The molecule has 1 aliphatic carbocycles. The van der Waals surface area contributed by atoms with Gasteiger partial charge in [-0.25, -0.2) is 0 Å². The lowest BCUT2D eigenvalue weighted by Crippen LogP contribution is -2.26. The molecule has 1 unspecified atom stereocenters. The van der Waals surface area contributed by atoms with Crippen LogP contribution in [0.4, 0.5) is 13.2 Å². The first-order chi connectivity index (χ1) is 4.98. The highest BCUT2D eigenvalue weighted by molar-refractivity contribution is 5.71. The Hall–Kier alpha value is -0.540. The number of aliphatic imine (C=N–C) groups is 1. The van der Waals surface area contributed by atoms with Crippen molar-refractivity contribution in [3.63, 3.8) is 0 Å². The van der Waals surface area contributed by atoms with Crippen molar-refractivity contribution in [1.82, 2.24) is 0 Å². The molecule has 0 spiro atoms. The zero-order chi connectivity index (χ0) is 8.28. The number of fused-ring (bicyclic) bond motifs is 1. The van der Waals surface area contributed by atoms with Gasteiger partial charge in [-0.05, 0) is 6.92 Å². The maximum atomic E-state index is 12.3. The smallest absolute Gasteiger partial charge is 0.297 e. The highest BCUT2D eigenvalue weighted by atomic mass is 19.4. The van der Waals surface area contributed by atoms with Crippen LogP contribution in [0.1, 0.15) is 6.92 Å². The largest absolute Gasteiger partial charge is 0.395 e.